The van der Waals surface area contributed by atoms with Crippen molar-refractivity contribution in [3.05, 3.63) is 34.8 Å². The maximum atomic E-state index is 12.2. The monoisotopic (exact) mass is 317 g/mol. The number of aromatic nitrogens is 1. The molecule has 0 spiro atoms. The molecule has 2 amide bonds. The van der Waals surface area contributed by atoms with E-state index in [0.717, 1.165) is 12.8 Å². The van der Waals surface area contributed by atoms with Crippen LogP contribution in [0.2, 0.25) is 0 Å². The third-order valence-corrected chi connectivity index (χ3v) is 4.37. The standard InChI is InChI=1S/C16H19N3O4/c17-15(21)10-5-7-11(8-6-10)18-14(20)9-19-12-3-1-2-4-13(12)23-16(19)22/h1-4,10-11H,5-9H2,(H2,17,21)(H,18,20). The molecule has 0 atom stereocenters. The minimum absolute atomic E-state index is 0.0203. The summed E-state index contributed by atoms with van der Waals surface area (Å²) in [5.74, 6) is -1.14. The molecule has 122 valence electrons. The van der Waals surface area contributed by atoms with Gasteiger partial charge in [0.05, 0.1) is 5.52 Å². The van der Waals surface area contributed by atoms with E-state index in [1.54, 1.807) is 24.3 Å². The number of nitrogens with zero attached hydrogens (tertiary/aromatic N) is 1. The van der Waals surface area contributed by atoms with E-state index in [-0.39, 0.29) is 30.3 Å². The summed E-state index contributed by atoms with van der Waals surface area (Å²) in [6.45, 7) is -0.0778. The Kier molecular flexibility index (Phi) is 4.18. The average molecular weight is 317 g/mol. The highest BCUT2D eigenvalue weighted by molar-refractivity contribution is 5.80. The van der Waals surface area contributed by atoms with E-state index in [4.69, 9.17) is 10.2 Å². The molecule has 3 rings (SSSR count). The normalized spacial score (nSPS) is 21.2. The molecule has 1 heterocycles. The zero-order chi connectivity index (χ0) is 16.4. The first-order chi connectivity index (χ1) is 11.0. The third kappa shape index (κ3) is 3.28. The zero-order valence-corrected chi connectivity index (χ0v) is 12.7. The van der Waals surface area contributed by atoms with E-state index >= 15 is 0 Å². The lowest BCUT2D eigenvalue weighted by molar-refractivity contribution is -0.123. The zero-order valence-electron chi connectivity index (χ0n) is 12.7. The SMILES string of the molecule is NC(=O)C1CCC(NC(=O)Cn2c(=O)oc3ccccc32)CC1. The van der Waals surface area contributed by atoms with E-state index in [9.17, 15) is 14.4 Å². The van der Waals surface area contributed by atoms with E-state index in [1.807, 2.05) is 0 Å². The Bertz CT molecular complexity index is 784. The van der Waals surface area contributed by atoms with Gasteiger partial charge in [-0.05, 0) is 37.8 Å². The summed E-state index contributed by atoms with van der Waals surface area (Å²) in [5.41, 5.74) is 6.37. The van der Waals surface area contributed by atoms with Gasteiger partial charge in [0.15, 0.2) is 5.58 Å². The second-order valence-electron chi connectivity index (χ2n) is 5.94. The Hall–Kier alpha value is -2.57. The molecule has 1 aliphatic rings. The molecule has 0 radical (unpaired) electrons. The number of fused-ring (bicyclic) bond motifs is 1. The Morgan fingerprint density at radius 1 is 1.22 bits per heavy atom. The van der Waals surface area contributed by atoms with Crippen LogP contribution in [-0.4, -0.2) is 22.4 Å². The molecule has 0 saturated heterocycles. The average Bonchev–Trinajstić information content (AvgIpc) is 2.84. The van der Waals surface area contributed by atoms with Gasteiger partial charge < -0.3 is 15.5 Å². The van der Waals surface area contributed by atoms with Crippen LogP contribution in [0.25, 0.3) is 11.1 Å². The fourth-order valence-corrected chi connectivity index (χ4v) is 3.10. The highest BCUT2D eigenvalue weighted by atomic mass is 16.4. The fraction of sp³-hybridized carbons (Fsp3) is 0.438. The van der Waals surface area contributed by atoms with Crippen molar-refractivity contribution in [2.24, 2.45) is 11.7 Å². The van der Waals surface area contributed by atoms with Gasteiger partial charge >= 0.3 is 5.76 Å². The molecule has 23 heavy (non-hydrogen) atoms. The van der Waals surface area contributed by atoms with Crippen LogP contribution >= 0.6 is 0 Å². The van der Waals surface area contributed by atoms with Gasteiger partial charge in [0.1, 0.15) is 6.54 Å². The van der Waals surface area contributed by atoms with Gasteiger partial charge in [0, 0.05) is 12.0 Å². The number of nitrogens with two attached hydrogens (primary N) is 1. The molecule has 1 saturated carbocycles. The maximum Gasteiger partial charge on any atom is 0.420 e. The van der Waals surface area contributed by atoms with Gasteiger partial charge in [-0.3, -0.25) is 14.2 Å². The predicted octanol–water partition coefficient (Wildman–Crippen LogP) is 0.755. The molecule has 0 unspecified atom stereocenters. The first kappa shape index (κ1) is 15.3. The molecule has 0 aliphatic heterocycles. The fourth-order valence-electron chi connectivity index (χ4n) is 3.10. The first-order valence-electron chi connectivity index (χ1n) is 7.71. The maximum absolute atomic E-state index is 12.2. The summed E-state index contributed by atoms with van der Waals surface area (Å²) in [4.78, 5) is 35.2. The van der Waals surface area contributed by atoms with Crippen molar-refractivity contribution in [1.82, 2.24) is 9.88 Å². The summed E-state index contributed by atoms with van der Waals surface area (Å²) >= 11 is 0. The van der Waals surface area contributed by atoms with Crippen LogP contribution in [-0.2, 0) is 16.1 Å². The number of benzene rings is 1. The summed E-state index contributed by atoms with van der Waals surface area (Å²) in [5, 5.41) is 2.92. The lowest BCUT2D eigenvalue weighted by Gasteiger charge is -2.27. The highest BCUT2D eigenvalue weighted by Crippen LogP contribution is 2.23. The molecule has 2 aromatic rings. The van der Waals surface area contributed by atoms with Crippen molar-refractivity contribution in [2.45, 2.75) is 38.3 Å². The van der Waals surface area contributed by atoms with Crippen molar-refractivity contribution in [3.63, 3.8) is 0 Å². The van der Waals surface area contributed by atoms with E-state index in [2.05, 4.69) is 5.32 Å². The number of rotatable bonds is 4. The number of primary amides is 1. The van der Waals surface area contributed by atoms with Gasteiger partial charge in [-0.25, -0.2) is 4.79 Å². The Balaban J connectivity index is 1.62. The number of nitrogens with one attached hydrogen (secondary N) is 1. The third-order valence-electron chi connectivity index (χ3n) is 4.37. The molecule has 3 N–H and O–H groups in total. The number of oxazole rings is 1. The molecular formula is C16H19N3O4. The molecule has 1 aliphatic carbocycles. The number of hydrogen-bond acceptors (Lipinski definition) is 4. The number of amides is 2. The summed E-state index contributed by atoms with van der Waals surface area (Å²) in [7, 11) is 0. The van der Waals surface area contributed by atoms with Crippen LogP contribution in [0.1, 0.15) is 25.7 Å². The molecule has 0 bridgehead atoms. The van der Waals surface area contributed by atoms with Crippen molar-refractivity contribution in [1.29, 1.82) is 0 Å². The van der Waals surface area contributed by atoms with Gasteiger partial charge in [-0.15, -0.1) is 0 Å². The van der Waals surface area contributed by atoms with Crippen molar-refractivity contribution in [2.75, 3.05) is 0 Å². The lowest BCUT2D eigenvalue weighted by atomic mass is 9.85. The number of carbonyl (C=O) groups is 2. The van der Waals surface area contributed by atoms with Gasteiger partial charge in [-0.1, -0.05) is 12.1 Å². The van der Waals surface area contributed by atoms with Crippen molar-refractivity contribution in [3.8, 4) is 0 Å². The molecule has 1 aromatic heterocycles. The summed E-state index contributed by atoms with van der Waals surface area (Å²) in [6, 6.07) is 7.01. The summed E-state index contributed by atoms with van der Waals surface area (Å²) in [6.07, 6.45) is 2.82. The van der Waals surface area contributed by atoms with Crippen LogP contribution in [0.4, 0.5) is 0 Å². The van der Waals surface area contributed by atoms with Crippen LogP contribution in [0.3, 0.4) is 0 Å². The Morgan fingerprint density at radius 2 is 1.91 bits per heavy atom. The molecule has 1 aromatic carbocycles. The minimum atomic E-state index is -0.543. The van der Waals surface area contributed by atoms with Gasteiger partial charge in [0.25, 0.3) is 0 Å². The lowest BCUT2D eigenvalue weighted by Crippen LogP contribution is -2.41. The second kappa shape index (κ2) is 6.28. The van der Waals surface area contributed by atoms with Crippen molar-refractivity contribution < 1.29 is 14.0 Å². The van der Waals surface area contributed by atoms with Gasteiger partial charge in [-0.2, -0.15) is 0 Å². The largest absolute Gasteiger partial charge is 0.420 e. The second-order valence-corrected chi connectivity index (χ2v) is 5.94. The summed E-state index contributed by atoms with van der Waals surface area (Å²) < 4.78 is 6.43. The van der Waals surface area contributed by atoms with E-state index in [0.29, 0.717) is 23.9 Å². The number of hydrogen-bond donors (Lipinski definition) is 2. The Morgan fingerprint density at radius 3 is 2.61 bits per heavy atom. The van der Waals surface area contributed by atoms with Crippen molar-refractivity contribution >= 4 is 22.9 Å². The smallest absolute Gasteiger partial charge is 0.408 e. The number of para-hydroxylation sites is 2. The van der Waals surface area contributed by atoms with Crippen LogP contribution in [0.5, 0.6) is 0 Å². The van der Waals surface area contributed by atoms with Crippen LogP contribution in [0, 0.1) is 5.92 Å². The van der Waals surface area contributed by atoms with E-state index in [1.165, 1.54) is 4.57 Å². The van der Waals surface area contributed by atoms with Gasteiger partial charge in [0.2, 0.25) is 11.8 Å². The molecule has 7 nitrogen and oxygen atoms in total. The molecule has 1 fully saturated rings. The topological polar surface area (TPSA) is 107 Å². The minimum Gasteiger partial charge on any atom is -0.408 e. The van der Waals surface area contributed by atoms with E-state index < -0.39 is 5.76 Å². The predicted molar refractivity (Wildman–Crippen MR) is 83.6 cm³/mol. The Labute approximate surface area is 132 Å². The molecule has 7 heteroatoms. The number of carbonyl (C=O) groups excluding carboxylic acids is 2. The first-order valence-corrected chi connectivity index (χ1v) is 7.71. The molecular weight excluding hydrogens is 298 g/mol. The highest BCUT2D eigenvalue weighted by Gasteiger charge is 2.25. The quantitative estimate of drug-likeness (QED) is 0.867. The van der Waals surface area contributed by atoms with Crippen LogP contribution < -0.4 is 16.8 Å². The van der Waals surface area contributed by atoms with Crippen LogP contribution in [0.15, 0.2) is 33.5 Å².